The molecule has 0 aliphatic rings. The molecule has 0 amide bonds. The summed E-state index contributed by atoms with van der Waals surface area (Å²) in [5.41, 5.74) is 5.44. The number of pyridine rings is 1. The number of rotatable bonds is 6. The predicted octanol–water partition coefficient (Wildman–Crippen LogP) is 5.54. The van der Waals surface area contributed by atoms with E-state index in [1.54, 1.807) is 12.4 Å². The highest BCUT2D eigenvalue weighted by molar-refractivity contribution is 7.18. The summed E-state index contributed by atoms with van der Waals surface area (Å²) < 4.78 is 6.03. The van der Waals surface area contributed by atoms with Crippen LogP contribution in [0.15, 0.2) is 67.0 Å². The Labute approximate surface area is 168 Å². The van der Waals surface area contributed by atoms with E-state index in [1.807, 2.05) is 36.4 Å². The van der Waals surface area contributed by atoms with Crippen molar-refractivity contribution >= 4 is 22.2 Å². The number of anilines is 2. The Morgan fingerprint density at radius 1 is 0.929 bits per heavy atom. The van der Waals surface area contributed by atoms with Crippen molar-refractivity contribution in [2.75, 3.05) is 5.32 Å². The number of hydrogen-bond donors (Lipinski definition) is 1. The van der Waals surface area contributed by atoms with Crippen molar-refractivity contribution in [1.82, 2.24) is 15.2 Å². The molecule has 140 valence electrons. The monoisotopic (exact) mass is 388 g/mol. The van der Waals surface area contributed by atoms with Gasteiger partial charge >= 0.3 is 0 Å². The van der Waals surface area contributed by atoms with Crippen LogP contribution < -0.4 is 10.1 Å². The first kappa shape index (κ1) is 18.1. The molecule has 4 aromatic rings. The molecule has 0 atom stereocenters. The van der Waals surface area contributed by atoms with Crippen LogP contribution in [0.4, 0.5) is 10.8 Å². The summed E-state index contributed by atoms with van der Waals surface area (Å²) in [6.45, 7) is 4.65. The van der Waals surface area contributed by atoms with E-state index in [4.69, 9.17) is 4.74 Å². The van der Waals surface area contributed by atoms with Crippen molar-refractivity contribution in [2.45, 2.75) is 20.5 Å². The van der Waals surface area contributed by atoms with Gasteiger partial charge in [0.15, 0.2) is 5.01 Å². The molecule has 0 radical (unpaired) electrons. The van der Waals surface area contributed by atoms with Gasteiger partial charge in [0.25, 0.3) is 0 Å². The normalized spacial score (nSPS) is 10.6. The fourth-order valence-electron chi connectivity index (χ4n) is 2.96. The summed E-state index contributed by atoms with van der Waals surface area (Å²) in [7, 11) is 0. The average molecular weight is 388 g/mol. The van der Waals surface area contributed by atoms with Crippen LogP contribution in [0, 0.1) is 13.8 Å². The summed E-state index contributed by atoms with van der Waals surface area (Å²) in [5.74, 6) is 0.786. The van der Waals surface area contributed by atoms with Gasteiger partial charge in [0.2, 0.25) is 5.13 Å². The number of nitrogens with one attached hydrogen (secondary N) is 1. The van der Waals surface area contributed by atoms with E-state index in [0.717, 1.165) is 32.7 Å². The SMILES string of the molecule is Cc1cc(C)cc(Nc2nnc(-c3ccccc3OCc3ccncc3)s2)c1. The van der Waals surface area contributed by atoms with Crippen LogP contribution in [-0.2, 0) is 6.61 Å². The van der Waals surface area contributed by atoms with Gasteiger partial charge in [-0.2, -0.15) is 0 Å². The fraction of sp³-hybridized carbons (Fsp3) is 0.136. The Hall–Kier alpha value is -3.25. The smallest absolute Gasteiger partial charge is 0.210 e. The highest BCUT2D eigenvalue weighted by atomic mass is 32.1. The van der Waals surface area contributed by atoms with Gasteiger partial charge in [-0.3, -0.25) is 4.98 Å². The zero-order valence-corrected chi connectivity index (χ0v) is 16.5. The van der Waals surface area contributed by atoms with E-state index in [-0.39, 0.29) is 0 Å². The van der Waals surface area contributed by atoms with Gasteiger partial charge in [0.1, 0.15) is 12.4 Å². The Balaban J connectivity index is 1.53. The maximum atomic E-state index is 6.03. The Kier molecular flexibility index (Phi) is 5.30. The summed E-state index contributed by atoms with van der Waals surface area (Å²) in [5, 5.41) is 13.6. The first-order chi connectivity index (χ1) is 13.7. The molecule has 6 heteroatoms. The molecule has 28 heavy (non-hydrogen) atoms. The van der Waals surface area contributed by atoms with Gasteiger partial charge in [-0.05, 0) is 66.9 Å². The van der Waals surface area contributed by atoms with Gasteiger partial charge < -0.3 is 10.1 Å². The summed E-state index contributed by atoms with van der Waals surface area (Å²) in [6, 6.07) is 18.1. The van der Waals surface area contributed by atoms with Crippen LogP contribution in [0.2, 0.25) is 0 Å². The van der Waals surface area contributed by atoms with E-state index in [2.05, 4.69) is 52.5 Å². The second-order valence-corrected chi connectivity index (χ2v) is 7.53. The standard InChI is InChI=1S/C22H20N4OS/c1-15-11-16(2)13-18(12-15)24-22-26-25-21(28-22)19-5-3-4-6-20(19)27-14-17-7-9-23-10-8-17/h3-13H,14H2,1-2H3,(H,24,26). The molecule has 0 saturated carbocycles. The van der Waals surface area contributed by atoms with Gasteiger partial charge in [0, 0.05) is 18.1 Å². The van der Waals surface area contributed by atoms with Crippen LogP contribution in [0.5, 0.6) is 5.75 Å². The Morgan fingerprint density at radius 3 is 2.46 bits per heavy atom. The molecule has 1 N–H and O–H groups in total. The number of benzene rings is 2. The van der Waals surface area contributed by atoms with Gasteiger partial charge in [-0.25, -0.2) is 0 Å². The number of nitrogens with zero attached hydrogens (tertiary/aromatic N) is 3. The molecular weight excluding hydrogens is 368 g/mol. The van der Waals surface area contributed by atoms with E-state index >= 15 is 0 Å². The molecule has 5 nitrogen and oxygen atoms in total. The number of hydrogen-bond acceptors (Lipinski definition) is 6. The molecule has 4 rings (SSSR count). The number of ether oxygens (including phenoxy) is 1. The molecular formula is C22H20N4OS. The van der Waals surface area contributed by atoms with Crippen molar-refractivity contribution in [2.24, 2.45) is 0 Å². The van der Waals surface area contributed by atoms with Gasteiger partial charge in [-0.15, -0.1) is 10.2 Å². The average Bonchev–Trinajstić information content (AvgIpc) is 3.15. The van der Waals surface area contributed by atoms with Crippen molar-refractivity contribution in [3.63, 3.8) is 0 Å². The lowest BCUT2D eigenvalue weighted by Gasteiger charge is -2.09. The third-order valence-electron chi connectivity index (χ3n) is 4.16. The lowest BCUT2D eigenvalue weighted by atomic mass is 10.1. The van der Waals surface area contributed by atoms with E-state index in [1.165, 1.54) is 22.5 Å². The summed E-state index contributed by atoms with van der Waals surface area (Å²) in [4.78, 5) is 4.03. The molecule has 0 fully saturated rings. The zero-order valence-electron chi connectivity index (χ0n) is 15.7. The first-order valence-corrected chi connectivity index (χ1v) is 9.79. The van der Waals surface area contributed by atoms with E-state index in [0.29, 0.717) is 6.61 Å². The minimum Gasteiger partial charge on any atom is -0.488 e. The first-order valence-electron chi connectivity index (χ1n) is 8.97. The highest BCUT2D eigenvalue weighted by Gasteiger charge is 2.12. The maximum absolute atomic E-state index is 6.03. The second-order valence-electron chi connectivity index (χ2n) is 6.55. The van der Waals surface area contributed by atoms with Crippen LogP contribution in [0.3, 0.4) is 0 Å². The van der Waals surface area contributed by atoms with Gasteiger partial charge in [0.05, 0.1) is 5.56 Å². The largest absolute Gasteiger partial charge is 0.488 e. The third kappa shape index (κ3) is 4.35. The molecule has 0 saturated heterocycles. The lowest BCUT2D eigenvalue weighted by Crippen LogP contribution is -1.96. The van der Waals surface area contributed by atoms with Crippen LogP contribution in [0.25, 0.3) is 10.6 Å². The third-order valence-corrected chi connectivity index (χ3v) is 5.03. The van der Waals surface area contributed by atoms with E-state index < -0.39 is 0 Å². The molecule has 2 aromatic heterocycles. The summed E-state index contributed by atoms with van der Waals surface area (Å²) >= 11 is 1.51. The van der Waals surface area contributed by atoms with Gasteiger partial charge in [-0.1, -0.05) is 29.5 Å². The number of aryl methyl sites for hydroxylation is 2. The molecule has 0 aliphatic carbocycles. The highest BCUT2D eigenvalue weighted by Crippen LogP contribution is 2.34. The Bertz CT molecular complexity index is 1060. The topological polar surface area (TPSA) is 59.9 Å². The van der Waals surface area contributed by atoms with E-state index in [9.17, 15) is 0 Å². The Morgan fingerprint density at radius 2 is 1.68 bits per heavy atom. The zero-order chi connectivity index (χ0) is 19.3. The number of aromatic nitrogens is 3. The molecule has 2 heterocycles. The number of para-hydroxylation sites is 1. The molecule has 0 spiro atoms. The second kappa shape index (κ2) is 8.19. The summed E-state index contributed by atoms with van der Waals surface area (Å²) in [6.07, 6.45) is 3.53. The van der Waals surface area contributed by atoms with Crippen LogP contribution in [0.1, 0.15) is 16.7 Å². The maximum Gasteiger partial charge on any atom is 0.210 e. The van der Waals surface area contributed by atoms with Crippen molar-refractivity contribution < 1.29 is 4.74 Å². The molecule has 0 bridgehead atoms. The predicted molar refractivity (Wildman–Crippen MR) is 113 cm³/mol. The lowest BCUT2D eigenvalue weighted by molar-refractivity contribution is 0.307. The van der Waals surface area contributed by atoms with Crippen molar-refractivity contribution in [3.05, 3.63) is 83.7 Å². The minimum absolute atomic E-state index is 0.478. The molecule has 2 aromatic carbocycles. The minimum atomic E-state index is 0.478. The van der Waals surface area contributed by atoms with Crippen LogP contribution in [-0.4, -0.2) is 15.2 Å². The quantitative estimate of drug-likeness (QED) is 0.470. The molecule has 0 unspecified atom stereocenters. The molecule has 0 aliphatic heterocycles. The fourth-order valence-corrected chi connectivity index (χ4v) is 3.76. The van der Waals surface area contributed by atoms with Crippen molar-refractivity contribution in [1.29, 1.82) is 0 Å². The van der Waals surface area contributed by atoms with Crippen molar-refractivity contribution in [3.8, 4) is 16.3 Å². The van der Waals surface area contributed by atoms with Crippen LogP contribution >= 0.6 is 11.3 Å².